The molecule has 1 atom stereocenters. The van der Waals surface area contributed by atoms with Gasteiger partial charge in [-0.2, -0.15) is 0 Å². The first kappa shape index (κ1) is 15.0. The van der Waals surface area contributed by atoms with Crippen LogP contribution in [0.15, 0.2) is 24.3 Å². The standard InChI is InChI=1S/C18H28N2O/c1-15-6-8-16(9-7-15)18(21)14-19-10-12-20(13-11-19)17-4-2-3-5-17/h6-9,17-18,21H,2-5,10-14H2,1H3. The average molecular weight is 288 g/mol. The number of nitrogens with zero attached hydrogens (tertiary/aromatic N) is 2. The third-order valence-electron chi connectivity index (χ3n) is 5.14. The summed E-state index contributed by atoms with van der Waals surface area (Å²) in [5, 5.41) is 10.4. The molecule has 1 N–H and O–H groups in total. The zero-order valence-electron chi connectivity index (χ0n) is 13.2. The van der Waals surface area contributed by atoms with Gasteiger partial charge >= 0.3 is 0 Å². The molecule has 1 aromatic rings. The highest BCUT2D eigenvalue weighted by Crippen LogP contribution is 2.24. The van der Waals surface area contributed by atoms with Gasteiger partial charge in [0, 0.05) is 38.8 Å². The number of aryl methyl sites for hydroxylation is 1. The molecule has 0 aromatic heterocycles. The minimum atomic E-state index is -0.358. The monoisotopic (exact) mass is 288 g/mol. The van der Waals surface area contributed by atoms with Gasteiger partial charge in [0.15, 0.2) is 0 Å². The quantitative estimate of drug-likeness (QED) is 0.922. The molecule has 1 aliphatic carbocycles. The largest absolute Gasteiger partial charge is 0.387 e. The zero-order chi connectivity index (χ0) is 14.7. The predicted octanol–water partition coefficient (Wildman–Crippen LogP) is 2.59. The lowest BCUT2D eigenvalue weighted by Gasteiger charge is -2.38. The average Bonchev–Trinajstić information content (AvgIpc) is 3.03. The van der Waals surface area contributed by atoms with Crippen molar-refractivity contribution in [2.75, 3.05) is 32.7 Å². The lowest BCUT2D eigenvalue weighted by molar-refractivity contribution is 0.0570. The van der Waals surface area contributed by atoms with Crippen LogP contribution in [-0.2, 0) is 0 Å². The summed E-state index contributed by atoms with van der Waals surface area (Å²) >= 11 is 0. The second kappa shape index (κ2) is 6.91. The minimum absolute atomic E-state index is 0.358. The fourth-order valence-electron chi connectivity index (χ4n) is 3.72. The van der Waals surface area contributed by atoms with Crippen LogP contribution in [0.1, 0.15) is 42.9 Å². The highest BCUT2D eigenvalue weighted by atomic mass is 16.3. The second-order valence-corrected chi connectivity index (χ2v) is 6.70. The summed E-state index contributed by atoms with van der Waals surface area (Å²) in [5.74, 6) is 0. The Hall–Kier alpha value is -0.900. The maximum absolute atomic E-state index is 10.4. The van der Waals surface area contributed by atoms with E-state index >= 15 is 0 Å². The Balaban J connectivity index is 1.47. The smallest absolute Gasteiger partial charge is 0.0916 e. The highest BCUT2D eigenvalue weighted by Gasteiger charge is 2.26. The van der Waals surface area contributed by atoms with Gasteiger partial charge in [-0.05, 0) is 25.3 Å². The Bertz CT molecular complexity index is 431. The Labute approximate surface area is 128 Å². The lowest BCUT2D eigenvalue weighted by atomic mass is 10.1. The number of hydrogen-bond acceptors (Lipinski definition) is 3. The molecule has 116 valence electrons. The highest BCUT2D eigenvalue weighted by molar-refractivity contribution is 5.23. The predicted molar refractivity (Wildman–Crippen MR) is 86.4 cm³/mol. The molecule has 3 heteroatoms. The van der Waals surface area contributed by atoms with Crippen LogP contribution in [0.5, 0.6) is 0 Å². The van der Waals surface area contributed by atoms with E-state index in [9.17, 15) is 5.11 Å². The molecule has 0 amide bonds. The van der Waals surface area contributed by atoms with Crippen LogP contribution in [0.25, 0.3) is 0 Å². The van der Waals surface area contributed by atoms with Crippen molar-refractivity contribution >= 4 is 0 Å². The molecule has 21 heavy (non-hydrogen) atoms. The Morgan fingerprint density at radius 2 is 1.67 bits per heavy atom. The first-order valence-electron chi connectivity index (χ1n) is 8.43. The van der Waals surface area contributed by atoms with Crippen LogP contribution in [0.2, 0.25) is 0 Å². The Morgan fingerprint density at radius 3 is 2.29 bits per heavy atom. The van der Waals surface area contributed by atoms with Crippen LogP contribution < -0.4 is 0 Å². The van der Waals surface area contributed by atoms with Crippen molar-refractivity contribution in [2.45, 2.75) is 44.8 Å². The summed E-state index contributed by atoms with van der Waals surface area (Å²) in [6.45, 7) is 7.38. The van der Waals surface area contributed by atoms with Crippen LogP contribution in [0, 0.1) is 6.92 Å². The molecule has 1 heterocycles. The van der Waals surface area contributed by atoms with Gasteiger partial charge in [0.05, 0.1) is 6.10 Å². The molecule has 1 unspecified atom stereocenters. The lowest BCUT2D eigenvalue weighted by Crippen LogP contribution is -2.50. The first-order valence-corrected chi connectivity index (χ1v) is 8.43. The molecule has 2 aliphatic rings. The molecule has 0 radical (unpaired) electrons. The number of benzene rings is 1. The number of rotatable bonds is 4. The third kappa shape index (κ3) is 3.85. The Morgan fingerprint density at radius 1 is 1.05 bits per heavy atom. The summed E-state index contributed by atoms with van der Waals surface area (Å²) in [7, 11) is 0. The van der Waals surface area contributed by atoms with Crippen molar-refractivity contribution < 1.29 is 5.11 Å². The second-order valence-electron chi connectivity index (χ2n) is 6.70. The van der Waals surface area contributed by atoms with E-state index in [2.05, 4.69) is 41.0 Å². The van der Waals surface area contributed by atoms with Gasteiger partial charge in [0.25, 0.3) is 0 Å². The molecule has 2 fully saturated rings. The van der Waals surface area contributed by atoms with E-state index in [-0.39, 0.29) is 6.10 Å². The van der Waals surface area contributed by atoms with Crippen molar-refractivity contribution in [3.05, 3.63) is 35.4 Å². The topological polar surface area (TPSA) is 26.7 Å². The number of aliphatic hydroxyl groups is 1. The van der Waals surface area contributed by atoms with E-state index in [0.717, 1.165) is 31.2 Å². The molecular weight excluding hydrogens is 260 g/mol. The van der Waals surface area contributed by atoms with E-state index < -0.39 is 0 Å². The number of β-amino-alcohol motifs (C(OH)–C–C–N with tert-alkyl or cyclic N) is 1. The zero-order valence-corrected chi connectivity index (χ0v) is 13.2. The number of piperazine rings is 1. The van der Waals surface area contributed by atoms with Crippen LogP contribution in [0.3, 0.4) is 0 Å². The fourth-order valence-corrected chi connectivity index (χ4v) is 3.72. The fraction of sp³-hybridized carbons (Fsp3) is 0.667. The summed E-state index contributed by atoms with van der Waals surface area (Å²) in [6, 6.07) is 9.10. The van der Waals surface area contributed by atoms with E-state index in [1.165, 1.54) is 44.3 Å². The molecule has 3 nitrogen and oxygen atoms in total. The van der Waals surface area contributed by atoms with Gasteiger partial charge in [0.1, 0.15) is 0 Å². The first-order chi connectivity index (χ1) is 10.2. The van der Waals surface area contributed by atoms with Crippen molar-refractivity contribution in [3.8, 4) is 0 Å². The van der Waals surface area contributed by atoms with Gasteiger partial charge in [-0.1, -0.05) is 42.7 Å². The van der Waals surface area contributed by atoms with Crippen LogP contribution >= 0.6 is 0 Å². The molecule has 1 saturated carbocycles. The van der Waals surface area contributed by atoms with Crippen molar-refractivity contribution in [3.63, 3.8) is 0 Å². The van der Waals surface area contributed by atoms with E-state index in [1.54, 1.807) is 0 Å². The van der Waals surface area contributed by atoms with Gasteiger partial charge < -0.3 is 5.11 Å². The summed E-state index contributed by atoms with van der Waals surface area (Å²) in [6.07, 6.45) is 5.26. The number of aliphatic hydroxyl groups excluding tert-OH is 1. The van der Waals surface area contributed by atoms with Gasteiger partial charge in [-0.3, -0.25) is 9.80 Å². The van der Waals surface area contributed by atoms with Gasteiger partial charge in [-0.15, -0.1) is 0 Å². The molecule has 0 bridgehead atoms. The van der Waals surface area contributed by atoms with Crippen LogP contribution in [0.4, 0.5) is 0 Å². The van der Waals surface area contributed by atoms with Gasteiger partial charge in [0.2, 0.25) is 0 Å². The van der Waals surface area contributed by atoms with Crippen molar-refractivity contribution in [2.24, 2.45) is 0 Å². The van der Waals surface area contributed by atoms with Crippen LogP contribution in [-0.4, -0.2) is 53.7 Å². The van der Waals surface area contributed by atoms with E-state index in [1.807, 2.05) is 0 Å². The molecule has 1 saturated heterocycles. The molecule has 0 spiro atoms. The summed E-state index contributed by atoms with van der Waals surface area (Å²) < 4.78 is 0. The molecule has 3 rings (SSSR count). The minimum Gasteiger partial charge on any atom is -0.387 e. The molecule has 1 aromatic carbocycles. The normalized spacial score (nSPS) is 23.5. The third-order valence-corrected chi connectivity index (χ3v) is 5.14. The maximum Gasteiger partial charge on any atom is 0.0916 e. The van der Waals surface area contributed by atoms with Crippen molar-refractivity contribution in [1.29, 1.82) is 0 Å². The SMILES string of the molecule is Cc1ccc(C(O)CN2CCN(C3CCCC3)CC2)cc1. The van der Waals surface area contributed by atoms with Gasteiger partial charge in [-0.25, -0.2) is 0 Å². The summed E-state index contributed by atoms with van der Waals surface area (Å²) in [4.78, 5) is 5.08. The number of hydrogen-bond donors (Lipinski definition) is 1. The Kier molecular flexibility index (Phi) is 4.94. The maximum atomic E-state index is 10.4. The molecule has 1 aliphatic heterocycles. The van der Waals surface area contributed by atoms with E-state index in [0.29, 0.717) is 0 Å². The van der Waals surface area contributed by atoms with E-state index in [4.69, 9.17) is 0 Å². The van der Waals surface area contributed by atoms with Crippen molar-refractivity contribution in [1.82, 2.24) is 9.80 Å². The summed E-state index contributed by atoms with van der Waals surface area (Å²) in [5.41, 5.74) is 2.29. The molecular formula is C18H28N2O.